The minimum Gasteiger partial charge on any atom is -0.354 e. The molecule has 0 amide bonds. The van der Waals surface area contributed by atoms with Gasteiger partial charge in [0.2, 0.25) is 0 Å². The molecule has 0 aromatic heterocycles. The molecule has 0 bridgehead atoms. The summed E-state index contributed by atoms with van der Waals surface area (Å²) >= 11 is 6.05. The van der Waals surface area contributed by atoms with E-state index in [1.807, 2.05) is 31.3 Å². The van der Waals surface area contributed by atoms with Crippen LogP contribution < -0.4 is 5.32 Å². The number of nitrogens with one attached hydrogen (secondary N) is 1. The van der Waals surface area contributed by atoms with Crippen LogP contribution in [0.1, 0.15) is 24.8 Å². The molecule has 1 atom stereocenters. The summed E-state index contributed by atoms with van der Waals surface area (Å²) in [6.45, 7) is 1.27. The number of aliphatic imine (C=N–C) groups is 1. The zero-order valence-corrected chi connectivity index (χ0v) is 18.2. The number of rotatable bonds is 5. The normalized spacial score (nSPS) is 22.3. The fourth-order valence-corrected chi connectivity index (χ4v) is 4.96. The Morgan fingerprint density at radius 1 is 1.36 bits per heavy atom. The average molecular weight is 498 g/mol. The lowest BCUT2D eigenvalue weighted by Crippen LogP contribution is -2.40. The highest BCUT2D eigenvalue weighted by molar-refractivity contribution is 14.0. The molecule has 25 heavy (non-hydrogen) atoms. The molecule has 1 aromatic rings. The lowest BCUT2D eigenvalue weighted by atomic mass is 10.1. The van der Waals surface area contributed by atoms with Crippen molar-refractivity contribution in [3.8, 4) is 0 Å². The molecule has 3 rings (SSSR count). The van der Waals surface area contributed by atoms with E-state index in [4.69, 9.17) is 16.6 Å². The van der Waals surface area contributed by atoms with E-state index in [0.29, 0.717) is 24.9 Å². The van der Waals surface area contributed by atoms with Crippen LogP contribution in [0.2, 0.25) is 5.02 Å². The number of guanidine groups is 1. The summed E-state index contributed by atoms with van der Waals surface area (Å²) in [5.41, 5.74) is 1.12. The molecule has 1 heterocycles. The van der Waals surface area contributed by atoms with Crippen molar-refractivity contribution < 1.29 is 8.42 Å². The summed E-state index contributed by atoms with van der Waals surface area (Å²) < 4.78 is 23.2. The molecule has 0 radical (unpaired) electrons. The minimum atomic E-state index is -2.85. The van der Waals surface area contributed by atoms with E-state index in [0.717, 1.165) is 23.0 Å². The zero-order valence-electron chi connectivity index (χ0n) is 14.3. The van der Waals surface area contributed by atoms with Crippen LogP contribution >= 0.6 is 35.6 Å². The van der Waals surface area contributed by atoms with E-state index in [1.165, 1.54) is 12.8 Å². The van der Waals surface area contributed by atoms with Gasteiger partial charge in [0.05, 0.1) is 11.5 Å². The van der Waals surface area contributed by atoms with Crippen molar-refractivity contribution in [2.75, 3.05) is 25.1 Å². The number of sulfone groups is 1. The predicted molar refractivity (Wildman–Crippen MR) is 114 cm³/mol. The average Bonchev–Trinajstić information content (AvgIpc) is 3.26. The standard InChI is InChI=1S/C17H24ClN3O2S.HI/c1-21(11-13-3-2-4-15(18)9-13)17(20-16-5-6-16)19-10-14-7-8-24(22,23)12-14;/h2-4,9,14,16H,5-8,10-12H2,1H3,(H,19,20);1H. The maximum atomic E-state index is 11.6. The first kappa shape index (κ1) is 20.8. The van der Waals surface area contributed by atoms with Gasteiger partial charge in [0.25, 0.3) is 0 Å². The molecule has 2 fully saturated rings. The van der Waals surface area contributed by atoms with E-state index in [2.05, 4.69) is 10.2 Å². The summed E-state index contributed by atoms with van der Waals surface area (Å²) in [7, 11) is -0.845. The quantitative estimate of drug-likeness (QED) is 0.386. The summed E-state index contributed by atoms with van der Waals surface area (Å²) in [6.07, 6.45) is 3.06. The van der Waals surface area contributed by atoms with Crippen LogP contribution in [-0.2, 0) is 16.4 Å². The van der Waals surface area contributed by atoms with E-state index in [-0.39, 0.29) is 35.6 Å². The number of nitrogens with zero attached hydrogens (tertiary/aromatic N) is 2. The van der Waals surface area contributed by atoms with Crippen LogP contribution in [0, 0.1) is 5.92 Å². The largest absolute Gasteiger partial charge is 0.354 e. The van der Waals surface area contributed by atoms with Crippen LogP contribution in [0.5, 0.6) is 0 Å². The Hall–Kier alpha value is -0.540. The molecule has 1 N–H and O–H groups in total. The molecule has 140 valence electrons. The van der Waals surface area contributed by atoms with E-state index in [9.17, 15) is 8.42 Å². The van der Waals surface area contributed by atoms with Gasteiger partial charge in [-0.2, -0.15) is 0 Å². The Morgan fingerprint density at radius 2 is 2.12 bits per heavy atom. The first-order valence-electron chi connectivity index (χ1n) is 8.38. The second-order valence-corrected chi connectivity index (χ2v) is 9.50. The molecule has 1 saturated heterocycles. The SMILES string of the molecule is CN(Cc1cccc(Cl)c1)C(=NCC1CCS(=O)(=O)C1)NC1CC1.I. The van der Waals surface area contributed by atoms with Gasteiger partial charge in [0.1, 0.15) is 0 Å². The number of hydrogen-bond acceptors (Lipinski definition) is 3. The Balaban J connectivity index is 0.00000225. The van der Waals surface area contributed by atoms with Gasteiger partial charge >= 0.3 is 0 Å². The van der Waals surface area contributed by atoms with Crippen LogP contribution in [0.25, 0.3) is 0 Å². The third-order valence-electron chi connectivity index (χ3n) is 4.41. The van der Waals surface area contributed by atoms with Crippen molar-refractivity contribution in [1.29, 1.82) is 0 Å². The van der Waals surface area contributed by atoms with Gasteiger partial charge in [-0.1, -0.05) is 23.7 Å². The molecular formula is C17H25ClIN3O2S. The van der Waals surface area contributed by atoms with Crippen LogP contribution in [0.4, 0.5) is 0 Å². The molecular weight excluding hydrogens is 473 g/mol. The van der Waals surface area contributed by atoms with Crippen molar-refractivity contribution in [2.45, 2.75) is 31.8 Å². The summed E-state index contributed by atoms with van der Waals surface area (Å²) in [4.78, 5) is 6.78. The summed E-state index contributed by atoms with van der Waals surface area (Å²) in [5, 5.41) is 4.19. The molecule has 1 aliphatic heterocycles. The highest BCUT2D eigenvalue weighted by Crippen LogP contribution is 2.21. The first-order valence-corrected chi connectivity index (χ1v) is 10.6. The highest BCUT2D eigenvalue weighted by Gasteiger charge is 2.28. The second-order valence-electron chi connectivity index (χ2n) is 6.84. The van der Waals surface area contributed by atoms with E-state index >= 15 is 0 Å². The fraction of sp³-hybridized carbons (Fsp3) is 0.588. The third-order valence-corrected chi connectivity index (χ3v) is 6.48. The van der Waals surface area contributed by atoms with E-state index in [1.54, 1.807) is 0 Å². The van der Waals surface area contributed by atoms with Gasteiger partial charge in [-0.25, -0.2) is 8.42 Å². The topological polar surface area (TPSA) is 61.8 Å². The van der Waals surface area contributed by atoms with Crippen LogP contribution in [0.15, 0.2) is 29.3 Å². The molecule has 1 unspecified atom stereocenters. The molecule has 0 spiro atoms. The lowest BCUT2D eigenvalue weighted by molar-refractivity contribution is 0.470. The third kappa shape index (κ3) is 6.60. The first-order chi connectivity index (χ1) is 11.4. The number of halogens is 2. The number of benzene rings is 1. The van der Waals surface area contributed by atoms with Gasteiger partial charge in [0.15, 0.2) is 15.8 Å². The van der Waals surface area contributed by atoms with Gasteiger partial charge in [0, 0.05) is 31.2 Å². The highest BCUT2D eigenvalue weighted by atomic mass is 127. The molecule has 1 aromatic carbocycles. The fourth-order valence-electron chi connectivity index (χ4n) is 2.90. The molecule has 5 nitrogen and oxygen atoms in total. The molecule has 1 aliphatic carbocycles. The van der Waals surface area contributed by atoms with Crippen molar-refractivity contribution in [3.63, 3.8) is 0 Å². The molecule has 2 aliphatic rings. The Morgan fingerprint density at radius 3 is 2.72 bits per heavy atom. The van der Waals surface area contributed by atoms with Gasteiger partial charge in [-0.3, -0.25) is 4.99 Å². The maximum absolute atomic E-state index is 11.6. The van der Waals surface area contributed by atoms with Gasteiger partial charge < -0.3 is 10.2 Å². The summed E-state index contributed by atoms with van der Waals surface area (Å²) in [6, 6.07) is 8.30. The Kier molecular flexibility index (Phi) is 7.40. The van der Waals surface area contributed by atoms with Crippen molar-refractivity contribution in [2.24, 2.45) is 10.9 Å². The van der Waals surface area contributed by atoms with Crippen molar-refractivity contribution >= 4 is 51.4 Å². The predicted octanol–water partition coefficient (Wildman–Crippen LogP) is 2.93. The molecule has 8 heteroatoms. The lowest BCUT2D eigenvalue weighted by Gasteiger charge is -2.23. The second kappa shape index (κ2) is 8.90. The monoisotopic (exact) mass is 497 g/mol. The Bertz CT molecular complexity index is 722. The zero-order chi connectivity index (χ0) is 17.2. The minimum absolute atomic E-state index is 0. The van der Waals surface area contributed by atoms with Crippen LogP contribution in [-0.4, -0.2) is 50.4 Å². The summed E-state index contributed by atoms with van der Waals surface area (Å²) in [5.74, 6) is 1.56. The van der Waals surface area contributed by atoms with E-state index < -0.39 is 9.84 Å². The van der Waals surface area contributed by atoms with Gasteiger partial charge in [-0.05, 0) is 42.9 Å². The van der Waals surface area contributed by atoms with Crippen LogP contribution in [0.3, 0.4) is 0 Å². The van der Waals surface area contributed by atoms with Gasteiger partial charge in [-0.15, -0.1) is 24.0 Å². The van der Waals surface area contributed by atoms with Crippen molar-refractivity contribution in [3.05, 3.63) is 34.9 Å². The Labute approximate surface area is 172 Å². The number of hydrogen-bond donors (Lipinski definition) is 1. The van der Waals surface area contributed by atoms with Crippen molar-refractivity contribution in [1.82, 2.24) is 10.2 Å². The smallest absolute Gasteiger partial charge is 0.194 e. The molecule has 1 saturated carbocycles. The maximum Gasteiger partial charge on any atom is 0.194 e.